The minimum Gasteiger partial charge on any atom is -0.365 e. The molecule has 0 bridgehead atoms. The van der Waals surface area contributed by atoms with Crippen LogP contribution < -0.4 is 0 Å². The summed E-state index contributed by atoms with van der Waals surface area (Å²) in [6.07, 6.45) is 17.5. The van der Waals surface area contributed by atoms with Crippen molar-refractivity contribution >= 4 is 0 Å². The Morgan fingerprint density at radius 3 is 2.63 bits per heavy atom. The quantitative estimate of drug-likeness (QED) is 0.248. The fourth-order valence-corrected chi connectivity index (χ4v) is 1.64. The molecular formula is C18H28O. The lowest BCUT2D eigenvalue weighted by molar-refractivity contribution is 0.199. The maximum atomic E-state index is 5.20. The highest BCUT2D eigenvalue weighted by molar-refractivity contribution is 5.15. The van der Waals surface area contributed by atoms with E-state index in [2.05, 4.69) is 57.9 Å². The summed E-state index contributed by atoms with van der Waals surface area (Å²) in [5.74, 6) is 3.19. The van der Waals surface area contributed by atoms with E-state index in [1.165, 1.54) is 24.0 Å². The standard InChI is InChI=1S/C18H28O/c1-6-14-19-15-13-18(5)12-8-11-17(4)10-7-9-16(2)3/h1,8-9,12-13,17H,7,10-11,14-15H2,2-5H3. The van der Waals surface area contributed by atoms with Crippen LogP contribution in [0, 0.1) is 18.3 Å². The predicted molar refractivity (Wildman–Crippen MR) is 85.0 cm³/mol. The molecule has 0 aliphatic rings. The van der Waals surface area contributed by atoms with Gasteiger partial charge in [0.2, 0.25) is 0 Å². The van der Waals surface area contributed by atoms with Gasteiger partial charge in [-0.25, -0.2) is 0 Å². The molecule has 106 valence electrons. The van der Waals surface area contributed by atoms with Gasteiger partial charge in [-0.15, -0.1) is 6.42 Å². The summed E-state index contributed by atoms with van der Waals surface area (Å²) in [5.41, 5.74) is 2.64. The van der Waals surface area contributed by atoms with Crippen molar-refractivity contribution in [3.8, 4) is 12.3 Å². The Hall–Kier alpha value is -1.26. The lowest BCUT2D eigenvalue weighted by Crippen LogP contribution is -1.92. The Kier molecular flexibility index (Phi) is 11.0. The van der Waals surface area contributed by atoms with Gasteiger partial charge >= 0.3 is 0 Å². The first kappa shape index (κ1) is 17.7. The summed E-state index contributed by atoms with van der Waals surface area (Å²) in [5, 5.41) is 0. The molecule has 0 saturated heterocycles. The summed E-state index contributed by atoms with van der Waals surface area (Å²) in [6, 6.07) is 0. The van der Waals surface area contributed by atoms with Crippen LogP contribution in [0.1, 0.15) is 47.0 Å². The topological polar surface area (TPSA) is 9.23 Å². The zero-order chi connectivity index (χ0) is 14.5. The van der Waals surface area contributed by atoms with Crippen LogP contribution >= 0.6 is 0 Å². The van der Waals surface area contributed by atoms with Gasteiger partial charge in [-0.05, 0) is 46.0 Å². The van der Waals surface area contributed by atoms with Crippen LogP contribution in [0.2, 0.25) is 0 Å². The monoisotopic (exact) mass is 260 g/mol. The summed E-state index contributed by atoms with van der Waals surface area (Å²) in [7, 11) is 0. The second-order valence-corrected chi connectivity index (χ2v) is 5.27. The van der Waals surface area contributed by atoms with E-state index in [4.69, 9.17) is 11.2 Å². The zero-order valence-electron chi connectivity index (χ0n) is 12.9. The second kappa shape index (κ2) is 11.8. The van der Waals surface area contributed by atoms with E-state index in [-0.39, 0.29) is 0 Å². The molecule has 1 unspecified atom stereocenters. The molecular weight excluding hydrogens is 232 g/mol. The van der Waals surface area contributed by atoms with E-state index in [0.717, 1.165) is 12.3 Å². The van der Waals surface area contributed by atoms with Crippen molar-refractivity contribution in [3.63, 3.8) is 0 Å². The summed E-state index contributed by atoms with van der Waals surface area (Å²) >= 11 is 0. The molecule has 0 heterocycles. The Bertz CT molecular complexity index is 348. The Labute approximate surface area is 119 Å². The lowest BCUT2D eigenvalue weighted by atomic mass is 10.0. The van der Waals surface area contributed by atoms with Gasteiger partial charge in [0.05, 0.1) is 6.61 Å². The minimum absolute atomic E-state index is 0.384. The van der Waals surface area contributed by atoms with Gasteiger partial charge in [0.25, 0.3) is 0 Å². The van der Waals surface area contributed by atoms with E-state index in [0.29, 0.717) is 13.2 Å². The largest absolute Gasteiger partial charge is 0.365 e. The van der Waals surface area contributed by atoms with Crippen LogP contribution in [0.5, 0.6) is 0 Å². The van der Waals surface area contributed by atoms with Gasteiger partial charge < -0.3 is 4.74 Å². The number of hydrogen-bond acceptors (Lipinski definition) is 1. The normalized spacial score (nSPS) is 13.3. The first-order valence-corrected chi connectivity index (χ1v) is 7.04. The summed E-state index contributed by atoms with van der Waals surface area (Å²) in [6.45, 7) is 9.68. The first-order chi connectivity index (χ1) is 9.06. The number of hydrogen-bond donors (Lipinski definition) is 0. The van der Waals surface area contributed by atoms with Gasteiger partial charge in [0, 0.05) is 0 Å². The highest BCUT2D eigenvalue weighted by Crippen LogP contribution is 2.13. The van der Waals surface area contributed by atoms with Crippen molar-refractivity contribution in [2.75, 3.05) is 13.2 Å². The third-order valence-electron chi connectivity index (χ3n) is 2.84. The maximum Gasteiger partial charge on any atom is 0.107 e. The number of allylic oxidation sites excluding steroid dienone is 5. The fraction of sp³-hybridized carbons (Fsp3) is 0.556. The number of rotatable bonds is 9. The molecule has 0 aliphatic heterocycles. The summed E-state index contributed by atoms with van der Waals surface area (Å²) < 4.78 is 5.20. The molecule has 1 nitrogen and oxygen atoms in total. The molecule has 0 aliphatic carbocycles. The Morgan fingerprint density at radius 2 is 2.00 bits per heavy atom. The molecule has 0 aromatic heterocycles. The van der Waals surface area contributed by atoms with Crippen LogP contribution in [0.25, 0.3) is 0 Å². The Balaban J connectivity index is 3.81. The van der Waals surface area contributed by atoms with Gasteiger partial charge in [0.15, 0.2) is 0 Å². The van der Waals surface area contributed by atoms with Crippen molar-refractivity contribution < 1.29 is 4.74 Å². The smallest absolute Gasteiger partial charge is 0.107 e. The molecule has 0 spiro atoms. The average molecular weight is 260 g/mol. The number of terminal acetylenes is 1. The average Bonchev–Trinajstić information content (AvgIpc) is 2.34. The van der Waals surface area contributed by atoms with Crippen LogP contribution in [0.15, 0.2) is 35.5 Å². The van der Waals surface area contributed by atoms with Crippen molar-refractivity contribution in [2.24, 2.45) is 5.92 Å². The molecule has 19 heavy (non-hydrogen) atoms. The molecule has 1 heteroatoms. The molecule has 1 atom stereocenters. The van der Waals surface area contributed by atoms with Crippen LogP contribution in [-0.4, -0.2) is 13.2 Å². The third-order valence-corrected chi connectivity index (χ3v) is 2.84. The van der Waals surface area contributed by atoms with Crippen LogP contribution in [0.4, 0.5) is 0 Å². The summed E-state index contributed by atoms with van der Waals surface area (Å²) in [4.78, 5) is 0. The molecule has 0 amide bonds. The lowest BCUT2D eigenvalue weighted by Gasteiger charge is -2.06. The molecule has 0 saturated carbocycles. The number of ether oxygens (including phenoxy) is 1. The SMILES string of the molecule is C#CCOCC=C(C)C=CCC(C)CCC=C(C)C. The predicted octanol–water partition coefficient (Wildman–Crippen LogP) is 4.91. The van der Waals surface area contributed by atoms with Crippen LogP contribution in [0.3, 0.4) is 0 Å². The maximum absolute atomic E-state index is 5.20. The van der Waals surface area contributed by atoms with Crippen molar-refractivity contribution in [1.29, 1.82) is 0 Å². The second-order valence-electron chi connectivity index (χ2n) is 5.27. The fourth-order valence-electron chi connectivity index (χ4n) is 1.64. The molecule has 0 aromatic carbocycles. The van der Waals surface area contributed by atoms with Gasteiger partial charge in [-0.3, -0.25) is 0 Å². The minimum atomic E-state index is 0.384. The molecule has 0 radical (unpaired) electrons. The highest BCUT2D eigenvalue weighted by atomic mass is 16.5. The molecule has 0 N–H and O–H groups in total. The van der Waals surface area contributed by atoms with E-state index >= 15 is 0 Å². The zero-order valence-corrected chi connectivity index (χ0v) is 12.9. The molecule has 0 fully saturated rings. The van der Waals surface area contributed by atoms with Gasteiger partial charge in [-0.1, -0.05) is 48.3 Å². The first-order valence-electron chi connectivity index (χ1n) is 7.04. The third kappa shape index (κ3) is 13.0. The molecule has 0 aromatic rings. The van der Waals surface area contributed by atoms with Crippen molar-refractivity contribution in [1.82, 2.24) is 0 Å². The molecule has 0 rings (SSSR count). The van der Waals surface area contributed by atoms with E-state index in [1.807, 2.05) is 0 Å². The Morgan fingerprint density at radius 1 is 1.26 bits per heavy atom. The van der Waals surface area contributed by atoms with E-state index in [9.17, 15) is 0 Å². The van der Waals surface area contributed by atoms with E-state index in [1.54, 1.807) is 0 Å². The van der Waals surface area contributed by atoms with Gasteiger partial charge in [-0.2, -0.15) is 0 Å². The highest BCUT2D eigenvalue weighted by Gasteiger charge is 1.97. The van der Waals surface area contributed by atoms with Crippen molar-refractivity contribution in [3.05, 3.63) is 35.5 Å². The van der Waals surface area contributed by atoms with Crippen molar-refractivity contribution in [2.45, 2.75) is 47.0 Å². The van der Waals surface area contributed by atoms with Crippen LogP contribution in [-0.2, 0) is 4.74 Å². The van der Waals surface area contributed by atoms with Gasteiger partial charge in [0.1, 0.15) is 6.61 Å². The van der Waals surface area contributed by atoms with E-state index < -0.39 is 0 Å².